The molecule has 0 radical (unpaired) electrons. The Morgan fingerprint density at radius 1 is 0.500 bits per heavy atom. The minimum absolute atomic E-state index is 0.908. The van der Waals surface area contributed by atoms with E-state index in [-0.39, 0.29) is 0 Å². The van der Waals surface area contributed by atoms with Gasteiger partial charge in [-0.2, -0.15) is 0 Å². The van der Waals surface area contributed by atoms with Crippen LogP contribution in [0.25, 0.3) is 49.7 Å². The van der Waals surface area contributed by atoms with E-state index in [0.717, 1.165) is 39.3 Å². The molecule has 3 nitrogen and oxygen atoms in total. The molecule has 1 aliphatic heterocycles. The molecule has 0 aliphatic carbocycles. The molecule has 0 unspecified atom stereocenters. The van der Waals surface area contributed by atoms with Gasteiger partial charge in [-0.3, -0.25) is 4.90 Å². The van der Waals surface area contributed by atoms with E-state index in [9.17, 15) is 0 Å². The lowest BCUT2D eigenvalue weighted by Gasteiger charge is -2.27. The quantitative estimate of drug-likeness (QED) is 0.243. The molecule has 0 amide bonds. The summed E-state index contributed by atoms with van der Waals surface area (Å²) in [6, 6.07) is 47.3. The SMILES string of the molecule is c1ccc(-n2ccc3c4c(ccc32)-c2ccccc2-c2ccccc2N4c2ccc3ccccc3n2)cc1. The van der Waals surface area contributed by atoms with Crippen LogP contribution < -0.4 is 4.90 Å². The van der Waals surface area contributed by atoms with Crippen molar-refractivity contribution in [1.29, 1.82) is 0 Å². The number of benzene rings is 5. The van der Waals surface area contributed by atoms with Crippen LogP contribution in [0.15, 0.2) is 140 Å². The lowest BCUT2D eigenvalue weighted by atomic mass is 9.94. The molecule has 8 rings (SSSR count). The van der Waals surface area contributed by atoms with E-state index >= 15 is 0 Å². The minimum atomic E-state index is 0.908. The van der Waals surface area contributed by atoms with E-state index in [1.54, 1.807) is 0 Å². The highest BCUT2D eigenvalue weighted by Crippen LogP contribution is 2.52. The zero-order valence-corrected chi connectivity index (χ0v) is 20.6. The summed E-state index contributed by atoms with van der Waals surface area (Å²) in [7, 11) is 0. The number of rotatable bonds is 2. The molecule has 38 heavy (non-hydrogen) atoms. The van der Waals surface area contributed by atoms with Crippen molar-refractivity contribution < 1.29 is 0 Å². The molecule has 3 heteroatoms. The van der Waals surface area contributed by atoms with Crippen LogP contribution in [0.1, 0.15) is 0 Å². The Hall–Kier alpha value is -5.15. The third-order valence-electron chi connectivity index (χ3n) is 7.57. The van der Waals surface area contributed by atoms with Crippen LogP contribution in [0.5, 0.6) is 0 Å². The number of pyridine rings is 1. The first kappa shape index (κ1) is 21.0. The number of hydrogen-bond donors (Lipinski definition) is 0. The van der Waals surface area contributed by atoms with E-state index in [2.05, 4.69) is 149 Å². The fourth-order valence-corrected chi connectivity index (χ4v) is 5.86. The van der Waals surface area contributed by atoms with Gasteiger partial charge in [0, 0.05) is 33.8 Å². The fraction of sp³-hybridized carbons (Fsp3) is 0. The van der Waals surface area contributed by atoms with Crippen molar-refractivity contribution >= 4 is 39.0 Å². The Balaban J connectivity index is 1.50. The highest BCUT2D eigenvalue weighted by Gasteiger charge is 2.29. The van der Waals surface area contributed by atoms with Crippen LogP contribution in [-0.2, 0) is 0 Å². The standard InChI is InChI=1S/C35H23N3/c1-2-11-25(12-3-1)37-23-22-30-32(37)20-19-29-27-14-6-5-13-26(27)28-15-7-9-17-33(28)38(35(29)30)34-21-18-24-10-4-8-16-31(24)36-34/h1-23H. The monoisotopic (exact) mass is 485 g/mol. The van der Waals surface area contributed by atoms with Gasteiger partial charge >= 0.3 is 0 Å². The van der Waals surface area contributed by atoms with Crippen LogP contribution >= 0.6 is 0 Å². The van der Waals surface area contributed by atoms with E-state index in [0.29, 0.717) is 0 Å². The van der Waals surface area contributed by atoms with Gasteiger partial charge in [0.05, 0.1) is 22.4 Å². The summed E-state index contributed by atoms with van der Waals surface area (Å²) in [5, 5.41) is 2.32. The third kappa shape index (κ3) is 3.06. The van der Waals surface area contributed by atoms with Crippen molar-refractivity contribution in [3.63, 3.8) is 0 Å². The molecule has 0 atom stereocenters. The van der Waals surface area contributed by atoms with E-state index < -0.39 is 0 Å². The fourth-order valence-electron chi connectivity index (χ4n) is 5.86. The lowest BCUT2D eigenvalue weighted by molar-refractivity contribution is 1.13. The second kappa shape index (κ2) is 8.19. The zero-order valence-electron chi connectivity index (χ0n) is 20.6. The molecule has 0 saturated heterocycles. The van der Waals surface area contributed by atoms with Gasteiger partial charge < -0.3 is 4.57 Å². The van der Waals surface area contributed by atoms with Gasteiger partial charge in [0.2, 0.25) is 0 Å². The maximum absolute atomic E-state index is 5.19. The second-order valence-electron chi connectivity index (χ2n) is 9.68. The predicted octanol–water partition coefficient (Wildman–Crippen LogP) is 9.30. The first-order valence-electron chi connectivity index (χ1n) is 12.9. The van der Waals surface area contributed by atoms with Crippen molar-refractivity contribution in [1.82, 2.24) is 9.55 Å². The molecule has 0 fully saturated rings. The van der Waals surface area contributed by atoms with Gasteiger partial charge in [0.25, 0.3) is 0 Å². The maximum Gasteiger partial charge on any atom is 0.138 e. The van der Waals surface area contributed by atoms with Crippen molar-refractivity contribution in [3.8, 4) is 27.9 Å². The molecule has 0 N–H and O–H groups in total. The molecular weight excluding hydrogens is 462 g/mol. The lowest BCUT2D eigenvalue weighted by Crippen LogP contribution is -2.13. The predicted molar refractivity (Wildman–Crippen MR) is 158 cm³/mol. The van der Waals surface area contributed by atoms with Gasteiger partial charge in [0.15, 0.2) is 0 Å². The molecular formula is C35H23N3. The van der Waals surface area contributed by atoms with Crippen molar-refractivity contribution in [3.05, 3.63) is 140 Å². The summed E-state index contributed by atoms with van der Waals surface area (Å²) < 4.78 is 2.27. The second-order valence-corrected chi connectivity index (χ2v) is 9.68. The van der Waals surface area contributed by atoms with E-state index in [1.165, 1.54) is 27.6 Å². The van der Waals surface area contributed by atoms with E-state index in [1.807, 2.05) is 0 Å². The summed E-state index contributed by atoms with van der Waals surface area (Å²) in [5.41, 5.74) is 10.4. The highest BCUT2D eigenvalue weighted by atomic mass is 15.2. The summed E-state index contributed by atoms with van der Waals surface area (Å²) in [4.78, 5) is 7.55. The zero-order chi connectivity index (χ0) is 25.1. The van der Waals surface area contributed by atoms with Crippen LogP contribution in [0, 0.1) is 0 Å². The van der Waals surface area contributed by atoms with Gasteiger partial charge in [-0.1, -0.05) is 84.9 Å². The molecule has 7 aromatic rings. The number of anilines is 3. The normalized spacial score (nSPS) is 12.2. The number of aromatic nitrogens is 2. The van der Waals surface area contributed by atoms with Crippen LogP contribution in [0.4, 0.5) is 17.2 Å². The first-order chi connectivity index (χ1) is 18.9. The van der Waals surface area contributed by atoms with Crippen molar-refractivity contribution in [2.24, 2.45) is 0 Å². The van der Waals surface area contributed by atoms with Gasteiger partial charge in [-0.25, -0.2) is 4.98 Å². The Bertz CT molecular complexity index is 1980. The number of para-hydroxylation sites is 3. The van der Waals surface area contributed by atoms with Crippen molar-refractivity contribution in [2.75, 3.05) is 4.90 Å². The maximum atomic E-state index is 5.19. The molecule has 2 aromatic heterocycles. The van der Waals surface area contributed by atoms with Crippen LogP contribution in [0.2, 0.25) is 0 Å². The average molecular weight is 486 g/mol. The molecule has 1 aliphatic rings. The number of nitrogens with zero attached hydrogens (tertiary/aromatic N) is 3. The summed E-state index contributed by atoms with van der Waals surface area (Å²) in [6.07, 6.45) is 2.18. The molecule has 5 aromatic carbocycles. The third-order valence-corrected chi connectivity index (χ3v) is 7.57. The van der Waals surface area contributed by atoms with Gasteiger partial charge in [-0.05, 0) is 59.7 Å². The Morgan fingerprint density at radius 3 is 2.08 bits per heavy atom. The highest BCUT2D eigenvalue weighted by molar-refractivity contribution is 6.11. The molecule has 3 heterocycles. The van der Waals surface area contributed by atoms with Gasteiger partial charge in [-0.15, -0.1) is 0 Å². The summed E-state index contributed by atoms with van der Waals surface area (Å²) >= 11 is 0. The Labute approximate surface area is 220 Å². The molecule has 178 valence electrons. The van der Waals surface area contributed by atoms with Crippen LogP contribution in [0.3, 0.4) is 0 Å². The molecule has 0 saturated carbocycles. The van der Waals surface area contributed by atoms with Crippen molar-refractivity contribution in [2.45, 2.75) is 0 Å². The average Bonchev–Trinajstić information content (AvgIpc) is 3.37. The topological polar surface area (TPSA) is 21.1 Å². The number of hydrogen-bond acceptors (Lipinski definition) is 2. The summed E-state index contributed by atoms with van der Waals surface area (Å²) in [6.45, 7) is 0. The summed E-state index contributed by atoms with van der Waals surface area (Å²) in [5.74, 6) is 0.908. The number of fused-ring (bicyclic) bond motifs is 8. The largest absolute Gasteiger partial charge is 0.316 e. The molecule has 0 spiro atoms. The first-order valence-corrected chi connectivity index (χ1v) is 12.9. The Morgan fingerprint density at radius 2 is 1.21 bits per heavy atom. The van der Waals surface area contributed by atoms with Crippen LogP contribution in [-0.4, -0.2) is 9.55 Å². The molecule has 0 bridgehead atoms. The van der Waals surface area contributed by atoms with Gasteiger partial charge in [0.1, 0.15) is 5.82 Å². The smallest absolute Gasteiger partial charge is 0.138 e. The van der Waals surface area contributed by atoms with E-state index in [4.69, 9.17) is 4.98 Å². The Kier molecular flexibility index (Phi) is 4.52. The minimum Gasteiger partial charge on any atom is -0.316 e.